The fourth-order valence-corrected chi connectivity index (χ4v) is 2.42. The minimum absolute atomic E-state index is 0.0986. The molecule has 8 heteroatoms. The van der Waals surface area contributed by atoms with E-state index in [1.165, 1.54) is 6.07 Å². The number of benzene rings is 2. The normalized spacial score (nSPS) is 11.7. The minimum Gasteiger partial charge on any atom is -0.454 e. The lowest BCUT2D eigenvalue weighted by molar-refractivity contribution is -0.121. The molecule has 0 radical (unpaired) electrons. The second-order valence-corrected chi connectivity index (χ2v) is 5.70. The lowest BCUT2D eigenvalue weighted by Gasteiger charge is -2.12. The summed E-state index contributed by atoms with van der Waals surface area (Å²) < 4.78 is 24.0. The van der Waals surface area contributed by atoms with Crippen LogP contribution in [0, 0.1) is 5.82 Å². The monoisotopic (exact) mass is 361 g/mol. The quantitative estimate of drug-likeness (QED) is 0.574. The van der Waals surface area contributed by atoms with Crippen LogP contribution in [0.1, 0.15) is 12.0 Å². The number of aryl methyl sites for hydroxylation is 1. The predicted octanol–water partition coefficient (Wildman–Crippen LogP) is 2.50. The number of rotatable bonds is 4. The Balaban J connectivity index is 1.42. The van der Waals surface area contributed by atoms with Crippen LogP contribution in [0.25, 0.3) is 0 Å². The molecule has 3 rings (SSSR count). The number of carbonyl (C=O) groups is 1. The van der Waals surface area contributed by atoms with Crippen molar-refractivity contribution in [1.82, 2.24) is 10.9 Å². The standard InChI is InChI=1S/C17H16FN3O3S/c18-12-3-1-2-4-13(12)19-17(25)21-20-16(22)8-6-11-5-7-14-15(9-11)24-10-23-14/h1-5,7,9H,6,8,10H2,(H,20,22)(H2,19,21,25). The number of para-hydroxylation sites is 1. The van der Waals surface area contributed by atoms with E-state index < -0.39 is 5.82 Å². The molecule has 1 aliphatic rings. The SMILES string of the molecule is O=C(CCc1ccc2c(c1)OCO2)NNC(=S)Nc1ccccc1F. The van der Waals surface area contributed by atoms with Crippen LogP contribution in [-0.4, -0.2) is 17.8 Å². The highest BCUT2D eigenvalue weighted by Crippen LogP contribution is 2.32. The average molecular weight is 361 g/mol. The molecule has 0 aliphatic carbocycles. The summed E-state index contributed by atoms with van der Waals surface area (Å²) in [6.07, 6.45) is 0.798. The molecular formula is C17H16FN3O3S. The maximum absolute atomic E-state index is 13.5. The van der Waals surface area contributed by atoms with Crippen LogP contribution in [0.3, 0.4) is 0 Å². The number of ether oxygens (including phenoxy) is 2. The van der Waals surface area contributed by atoms with E-state index in [1.54, 1.807) is 18.2 Å². The number of hydrazine groups is 1. The molecule has 0 unspecified atom stereocenters. The van der Waals surface area contributed by atoms with Crippen LogP contribution < -0.4 is 25.6 Å². The Kier molecular flexibility index (Phi) is 5.30. The van der Waals surface area contributed by atoms with Crippen molar-refractivity contribution in [2.75, 3.05) is 12.1 Å². The van der Waals surface area contributed by atoms with E-state index >= 15 is 0 Å². The molecule has 25 heavy (non-hydrogen) atoms. The third-order valence-electron chi connectivity index (χ3n) is 3.52. The number of thiocarbonyl (C=S) groups is 1. The molecule has 1 amide bonds. The summed E-state index contributed by atoms with van der Waals surface area (Å²) in [4.78, 5) is 11.9. The largest absolute Gasteiger partial charge is 0.454 e. The predicted molar refractivity (Wildman–Crippen MR) is 94.8 cm³/mol. The van der Waals surface area contributed by atoms with Crippen LogP contribution in [0.2, 0.25) is 0 Å². The summed E-state index contributed by atoms with van der Waals surface area (Å²) in [6, 6.07) is 11.7. The van der Waals surface area contributed by atoms with Gasteiger partial charge < -0.3 is 14.8 Å². The second kappa shape index (κ2) is 7.80. The van der Waals surface area contributed by atoms with Crippen LogP contribution in [0.5, 0.6) is 11.5 Å². The molecule has 6 nitrogen and oxygen atoms in total. The Morgan fingerprint density at radius 3 is 2.76 bits per heavy atom. The van der Waals surface area contributed by atoms with Gasteiger partial charge >= 0.3 is 0 Å². The number of nitrogens with one attached hydrogen (secondary N) is 3. The van der Waals surface area contributed by atoms with Crippen molar-refractivity contribution in [3.8, 4) is 11.5 Å². The van der Waals surface area contributed by atoms with Gasteiger partial charge in [-0.15, -0.1) is 0 Å². The average Bonchev–Trinajstić information content (AvgIpc) is 3.08. The van der Waals surface area contributed by atoms with Gasteiger partial charge in [0, 0.05) is 6.42 Å². The highest BCUT2D eigenvalue weighted by atomic mass is 32.1. The van der Waals surface area contributed by atoms with E-state index in [0.717, 1.165) is 5.56 Å². The van der Waals surface area contributed by atoms with E-state index in [9.17, 15) is 9.18 Å². The molecule has 0 saturated carbocycles. The molecule has 1 heterocycles. The van der Waals surface area contributed by atoms with Gasteiger partial charge in [0.15, 0.2) is 16.6 Å². The molecule has 1 aliphatic heterocycles. The van der Waals surface area contributed by atoms with Gasteiger partial charge in [-0.2, -0.15) is 0 Å². The second-order valence-electron chi connectivity index (χ2n) is 5.29. The lowest BCUT2D eigenvalue weighted by Crippen LogP contribution is -2.43. The topological polar surface area (TPSA) is 71.6 Å². The first kappa shape index (κ1) is 17.0. The van der Waals surface area contributed by atoms with Gasteiger partial charge in [-0.3, -0.25) is 15.6 Å². The Labute approximate surface area is 149 Å². The molecule has 0 saturated heterocycles. The molecule has 0 atom stereocenters. The van der Waals surface area contributed by atoms with E-state index in [4.69, 9.17) is 21.7 Å². The number of amides is 1. The molecular weight excluding hydrogens is 345 g/mol. The number of hydrogen-bond acceptors (Lipinski definition) is 4. The maximum Gasteiger partial charge on any atom is 0.238 e. The molecule has 3 N–H and O–H groups in total. The van der Waals surface area contributed by atoms with Crippen molar-refractivity contribution in [2.45, 2.75) is 12.8 Å². The molecule has 2 aromatic rings. The number of halogens is 1. The van der Waals surface area contributed by atoms with Crippen molar-refractivity contribution in [3.05, 3.63) is 53.8 Å². The van der Waals surface area contributed by atoms with E-state index in [-0.39, 0.29) is 29.9 Å². The Bertz CT molecular complexity index is 800. The zero-order valence-electron chi connectivity index (χ0n) is 13.2. The molecule has 0 bridgehead atoms. The van der Waals surface area contributed by atoms with Crippen LogP contribution >= 0.6 is 12.2 Å². The molecule has 2 aromatic carbocycles. The number of carbonyl (C=O) groups excluding carboxylic acids is 1. The zero-order valence-corrected chi connectivity index (χ0v) is 14.0. The summed E-state index contributed by atoms with van der Waals surface area (Å²) >= 11 is 5.01. The summed E-state index contributed by atoms with van der Waals surface area (Å²) in [5.41, 5.74) is 6.21. The first-order chi connectivity index (χ1) is 12.1. The van der Waals surface area contributed by atoms with Gasteiger partial charge in [-0.05, 0) is 48.5 Å². The number of fused-ring (bicyclic) bond motifs is 1. The molecule has 0 spiro atoms. The van der Waals surface area contributed by atoms with Gasteiger partial charge in [-0.1, -0.05) is 18.2 Å². The third kappa shape index (κ3) is 4.57. The van der Waals surface area contributed by atoms with Gasteiger partial charge in [0.2, 0.25) is 12.7 Å². The smallest absolute Gasteiger partial charge is 0.238 e. The van der Waals surface area contributed by atoms with Crippen LogP contribution in [0.4, 0.5) is 10.1 Å². The molecule has 0 fully saturated rings. The Hall–Kier alpha value is -2.87. The summed E-state index contributed by atoms with van der Waals surface area (Å²) in [5.74, 6) is 0.724. The van der Waals surface area contributed by atoms with Crippen LogP contribution in [0.15, 0.2) is 42.5 Å². The first-order valence-electron chi connectivity index (χ1n) is 7.61. The maximum atomic E-state index is 13.5. The van der Waals surface area contributed by atoms with Gasteiger partial charge in [-0.25, -0.2) is 4.39 Å². The zero-order chi connectivity index (χ0) is 17.6. The van der Waals surface area contributed by atoms with Crippen molar-refractivity contribution in [3.63, 3.8) is 0 Å². The van der Waals surface area contributed by atoms with Crippen LogP contribution in [-0.2, 0) is 11.2 Å². The van der Waals surface area contributed by atoms with E-state index in [0.29, 0.717) is 17.9 Å². The van der Waals surface area contributed by atoms with Crippen molar-refractivity contribution in [1.29, 1.82) is 0 Å². The number of anilines is 1. The molecule has 130 valence electrons. The van der Waals surface area contributed by atoms with Gasteiger partial charge in [0.05, 0.1) is 5.69 Å². The molecule has 0 aromatic heterocycles. The third-order valence-corrected chi connectivity index (χ3v) is 3.72. The Morgan fingerprint density at radius 1 is 1.12 bits per heavy atom. The first-order valence-corrected chi connectivity index (χ1v) is 8.01. The van der Waals surface area contributed by atoms with Gasteiger partial charge in [0.25, 0.3) is 0 Å². The summed E-state index contributed by atoms with van der Waals surface area (Å²) in [7, 11) is 0. The highest BCUT2D eigenvalue weighted by molar-refractivity contribution is 7.80. The van der Waals surface area contributed by atoms with E-state index in [2.05, 4.69) is 16.2 Å². The minimum atomic E-state index is -0.430. The van der Waals surface area contributed by atoms with Gasteiger partial charge in [0.1, 0.15) is 5.82 Å². The van der Waals surface area contributed by atoms with E-state index in [1.807, 2.05) is 18.2 Å². The summed E-state index contributed by atoms with van der Waals surface area (Å²) in [6.45, 7) is 0.218. The van der Waals surface area contributed by atoms with Crippen molar-refractivity contribution < 1.29 is 18.7 Å². The van der Waals surface area contributed by atoms with Crippen molar-refractivity contribution in [2.24, 2.45) is 0 Å². The highest BCUT2D eigenvalue weighted by Gasteiger charge is 2.13. The fourth-order valence-electron chi connectivity index (χ4n) is 2.26. The fraction of sp³-hybridized carbons (Fsp3) is 0.176. The lowest BCUT2D eigenvalue weighted by atomic mass is 10.1. The summed E-state index contributed by atoms with van der Waals surface area (Å²) in [5, 5.41) is 2.77. The number of hydrogen-bond donors (Lipinski definition) is 3. The Morgan fingerprint density at radius 2 is 1.92 bits per heavy atom. The van der Waals surface area contributed by atoms with Crippen molar-refractivity contribution >= 4 is 28.9 Å².